The van der Waals surface area contributed by atoms with Gasteiger partial charge in [0.15, 0.2) is 0 Å². The number of hydrogen-bond donors (Lipinski definition) is 2. The van der Waals surface area contributed by atoms with Crippen LogP contribution in [0.3, 0.4) is 0 Å². The number of urea groups is 1. The number of benzene rings is 1. The lowest BCUT2D eigenvalue weighted by molar-refractivity contribution is -0.121. The Kier molecular flexibility index (Phi) is 5.91. The number of likely N-dealkylation sites (tertiary alicyclic amines) is 1. The van der Waals surface area contributed by atoms with Crippen molar-refractivity contribution in [3.05, 3.63) is 30.3 Å². The summed E-state index contributed by atoms with van der Waals surface area (Å²) in [4.78, 5) is 26.5. The highest BCUT2D eigenvalue weighted by atomic mass is 16.5. The minimum Gasteiger partial charge on any atom is -0.376 e. The molecule has 136 valence electrons. The topological polar surface area (TPSA) is 70.7 Å². The maximum Gasteiger partial charge on any atom is 0.317 e. The highest BCUT2D eigenvalue weighted by Crippen LogP contribution is 2.20. The molecule has 25 heavy (non-hydrogen) atoms. The van der Waals surface area contributed by atoms with Gasteiger partial charge in [-0.15, -0.1) is 0 Å². The summed E-state index contributed by atoms with van der Waals surface area (Å²) in [5.41, 5.74) is 0.818. The van der Waals surface area contributed by atoms with E-state index in [1.54, 1.807) is 4.90 Å². The molecule has 0 spiro atoms. The van der Waals surface area contributed by atoms with Gasteiger partial charge < -0.3 is 20.3 Å². The SMILES string of the molecule is CC(NC(=O)N1CCC(C(=O)Nc2ccccc2)CC1)C1CCCO1. The molecule has 0 saturated carbocycles. The Balaban J connectivity index is 1.43. The van der Waals surface area contributed by atoms with E-state index in [4.69, 9.17) is 4.74 Å². The fourth-order valence-corrected chi connectivity index (χ4v) is 3.49. The standard InChI is InChI=1S/C19H27N3O3/c1-14(17-8-5-13-25-17)20-19(24)22-11-9-15(10-12-22)18(23)21-16-6-3-2-4-7-16/h2-4,6-7,14-15,17H,5,8-13H2,1H3,(H,20,24)(H,21,23). The zero-order chi connectivity index (χ0) is 17.6. The smallest absolute Gasteiger partial charge is 0.317 e. The number of carbonyl (C=O) groups excluding carboxylic acids is 2. The van der Waals surface area contributed by atoms with E-state index >= 15 is 0 Å². The third-order valence-electron chi connectivity index (χ3n) is 5.07. The zero-order valence-corrected chi connectivity index (χ0v) is 14.7. The third-order valence-corrected chi connectivity index (χ3v) is 5.07. The minimum atomic E-state index is -0.0510. The van der Waals surface area contributed by atoms with Gasteiger partial charge in [-0.2, -0.15) is 0 Å². The molecule has 0 aromatic heterocycles. The van der Waals surface area contributed by atoms with Crippen molar-refractivity contribution in [2.75, 3.05) is 25.0 Å². The van der Waals surface area contributed by atoms with Crippen molar-refractivity contribution in [2.24, 2.45) is 5.92 Å². The summed E-state index contributed by atoms with van der Waals surface area (Å²) in [5, 5.41) is 5.99. The van der Waals surface area contributed by atoms with Crippen molar-refractivity contribution >= 4 is 17.6 Å². The Morgan fingerprint density at radius 2 is 1.88 bits per heavy atom. The Morgan fingerprint density at radius 3 is 2.52 bits per heavy atom. The molecule has 1 aromatic rings. The third kappa shape index (κ3) is 4.72. The predicted octanol–water partition coefficient (Wildman–Crippen LogP) is 2.61. The molecule has 1 aromatic carbocycles. The van der Waals surface area contributed by atoms with Gasteiger partial charge in [0.2, 0.25) is 5.91 Å². The molecule has 3 amide bonds. The number of para-hydroxylation sites is 1. The molecule has 2 aliphatic heterocycles. The van der Waals surface area contributed by atoms with Gasteiger partial charge in [0, 0.05) is 31.3 Å². The number of hydrogen-bond acceptors (Lipinski definition) is 3. The van der Waals surface area contributed by atoms with Gasteiger partial charge in [-0.3, -0.25) is 4.79 Å². The van der Waals surface area contributed by atoms with Crippen LogP contribution in [0, 0.1) is 5.92 Å². The van der Waals surface area contributed by atoms with Gasteiger partial charge in [0.25, 0.3) is 0 Å². The van der Waals surface area contributed by atoms with Crippen molar-refractivity contribution in [3.63, 3.8) is 0 Å². The van der Waals surface area contributed by atoms with Gasteiger partial charge in [-0.25, -0.2) is 4.79 Å². The molecule has 3 rings (SSSR count). The van der Waals surface area contributed by atoms with Crippen molar-refractivity contribution in [2.45, 2.75) is 44.8 Å². The normalized spacial score (nSPS) is 22.4. The second kappa shape index (κ2) is 8.34. The van der Waals surface area contributed by atoms with Gasteiger partial charge in [-0.05, 0) is 44.7 Å². The Labute approximate surface area is 148 Å². The molecule has 0 aliphatic carbocycles. The number of amides is 3. The zero-order valence-electron chi connectivity index (χ0n) is 14.7. The van der Waals surface area contributed by atoms with E-state index < -0.39 is 0 Å². The van der Waals surface area contributed by atoms with E-state index in [9.17, 15) is 9.59 Å². The Bertz CT molecular complexity index is 579. The summed E-state index contributed by atoms with van der Waals surface area (Å²) in [6.07, 6.45) is 3.58. The van der Waals surface area contributed by atoms with Crippen LogP contribution in [0.1, 0.15) is 32.6 Å². The Morgan fingerprint density at radius 1 is 1.16 bits per heavy atom. The highest BCUT2D eigenvalue weighted by Gasteiger charge is 2.29. The van der Waals surface area contributed by atoms with Crippen LogP contribution in [-0.4, -0.2) is 48.7 Å². The first-order chi connectivity index (χ1) is 12.1. The van der Waals surface area contributed by atoms with Crippen LogP contribution in [0.25, 0.3) is 0 Å². The number of nitrogens with zero attached hydrogens (tertiary/aromatic N) is 1. The maximum atomic E-state index is 12.4. The number of rotatable bonds is 4. The number of carbonyl (C=O) groups is 2. The van der Waals surface area contributed by atoms with Gasteiger partial charge in [0.1, 0.15) is 0 Å². The summed E-state index contributed by atoms with van der Waals surface area (Å²) in [6, 6.07) is 9.46. The summed E-state index contributed by atoms with van der Waals surface area (Å²) in [6.45, 7) is 3.99. The average Bonchev–Trinajstić information content (AvgIpc) is 3.17. The minimum absolute atomic E-state index is 0.0223. The first kappa shape index (κ1) is 17.7. The maximum absolute atomic E-state index is 12.4. The quantitative estimate of drug-likeness (QED) is 0.881. The molecule has 2 fully saturated rings. The number of ether oxygens (including phenoxy) is 1. The van der Waals surface area contributed by atoms with E-state index in [-0.39, 0.29) is 30.0 Å². The summed E-state index contributed by atoms with van der Waals surface area (Å²) < 4.78 is 5.62. The first-order valence-corrected chi connectivity index (χ1v) is 9.16. The molecule has 2 unspecified atom stereocenters. The molecule has 0 radical (unpaired) electrons. The Hall–Kier alpha value is -2.08. The molecule has 2 atom stereocenters. The molecule has 0 bridgehead atoms. The second-order valence-electron chi connectivity index (χ2n) is 6.91. The second-order valence-corrected chi connectivity index (χ2v) is 6.91. The molecular formula is C19H27N3O3. The largest absolute Gasteiger partial charge is 0.376 e. The van der Waals surface area contributed by atoms with Crippen LogP contribution >= 0.6 is 0 Å². The van der Waals surface area contributed by atoms with E-state index in [1.807, 2.05) is 37.3 Å². The number of piperidine rings is 1. The first-order valence-electron chi connectivity index (χ1n) is 9.16. The lowest BCUT2D eigenvalue weighted by Crippen LogP contribution is -2.50. The molecule has 2 N–H and O–H groups in total. The van der Waals surface area contributed by atoms with Crippen LogP contribution in [0.5, 0.6) is 0 Å². The van der Waals surface area contributed by atoms with Crippen LogP contribution < -0.4 is 10.6 Å². The van der Waals surface area contributed by atoms with Crippen LogP contribution in [0.4, 0.5) is 10.5 Å². The van der Waals surface area contributed by atoms with Crippen molar-refractivity contribution in [1.29, 1.82) is 0 Å². The van der Waals surface area contributed by atoms with E-state index in [0.717, 1.165) is 25.1 Å². The fraction of sp³-hybridized carbons (Fsp3) is 0.579. The van der Waals surface area contributed by atoms with E-state index in [2.05, 4.69) is 10.6 Å². The summed E-state index contributed by atoms with van der Waals surface area (Å²) in [7, 11) is 0. The summed E-state index contributed by atoms with van der Waals surface area (Å²) in [5.74, 6) is -0.00109. The van der Waals surface area contributed by atoms with Gasteiger partial charge >= 0.3 is 6.03 Å². The molecule has 2 saturated heterocycles. The lowest BCUT2D eigenvalue weighted by atomic mass is 9.96. The van der Waals surface area contributed by atoms with Crippen molar-refractivity contribution in [3.8, 4) is 0 Å². The monoisotopic (exact) mass is 345 g/mol. The summed E-state index contributed by atoms with van der Waals surface area (Å²) >= 11 is 0. The van der Waals surface area contributed by atoms with Crippen LogP contribution in [-0.2, 0) is 9.53 Å². The predicted molar refractivity (Wildman–Crippen MR) is 96.3 cm³/mol. The lowest BCUT2D eigenvalue weighted by Gasteiger charge is -2.33. The van der Waals surface area contributed by atoms with Crippen LogP contribution in [0.2, 0.25) is 0 Å². The fourth-order valence-electron chi connectivity index (χ4n) is 3.49. The average molecular weight is 345 g/mol. The van der Waals surface area contributed by atoms with E-state index in [1.165, 1.54) is 0 Å². The van der Waals surface area contributed by atoms with E-state index in [0.29, 0.717) is 25.9 Å². The molecular weight excluding hydrogens is 318 g/mol. The molecule has 6 nitrogen and oxygen atoms in total. The van der Waals surface area contributed by atoms with Crippen molar-refractivity contribution < 1.29 is 14.3 Å². The number of anilines is 1. The molecule has 2 heterocycles. The molecule has 6 heteroatoms. The van der Waals surface area contributed by atoms with Gasteiger partial charge in [0.05, 0.1) is 12.1 Å². The van der Waals surface area contributed by atoms with Gasteiger partial charge in [-0.1, -0.05) is 18.2 Å². The number of nitrogens with one attached hydrogen (secondary N) is 2. The van der Waals surface area contributed by atoms with Crippen molar-refractivity contribution in [1.82, 2.24) is 10.2 Å². The van der Waals surface area contributed by atoms with Crippen LogP contribution in [0.15, 0.2) is 30.3 Å². The highest BCUT2D eigenvalue weighted by molar-refractivity contribution is 5.92. The molecule has 2 aliphatic rings.